The molecule has 0 bridgehead atoms. The quantitative estimate of drug-likeness (QED) is 0.0286. The molecule has 0 aromatic rings. The zero-order valence-electron chi connectivity index (χ0n) is 27.4. The fraction of sp³-hybridized carbons (Fsp3) is 0.889. The molecule has 0 radical (unpaired) electrons. The molecule has 0 amide bonds. The Hall–Kier alpha value is -1.32. The monoisotopic (exact) mass is 565 g/mol. The van der Waals surface area contributed by atoms with Gasteiger partial charge in [0.1, 0.15) is 5.57 Å². The smallest absolute Gasteiger partial charge is 0.345 e. The Morgan fingerprint density at radius 3 is 0.825 bits per heavy atom. The molecule has 0 atom stereocenters. The van der Waals surface area contributed by atoms with Gasteiger partial charge in [0.05, 0.1) is 14.2 Å². The summed E-state index contributed by atoms with van der Waals surface area (Å²) in [6.45, 7) is 4.55. The van der Waals surface area contributed by atoms with E-state index in [2.05, 4.69) is 13.8 Å². The number of carbonyl (C=O) groups excluding carboxylic acids is 2. The van der Waals surface area contributed by atoms with Crippen LogP contribution in [0.1, 0.15) is 194 Å². The van der Waals surface area contributed by atoms with Crippen LogP contribution in [0.2, 0.25) is 0 Å². The summed E-state index contributed by atoms with van der Waals surface area (Å²) in [5.74, 6) is -1.10. The lowest BCUT2D eigenvalue weighted by Gasteiger charge is -2.13. The number of hydrogen-bond acceptors (Lipinski definition) is 4. The molecule has 40 heavy (non-hydrogen) atoms. The molecule has 0 fully saturated rings. The zero-order chi connectivity index (χ0) is 29.5. The van der Waals surface area contributed by atoms with E-state index in [9.17, 15) is 9.59 Å². The van der Waals surface area contributed by atoms with Crippen molar-refractivity contribution in [1.82, 2.24) is 0 Å². The van der Waals surface area contributed by atoms with Gasteiger partial charge in [0.25, 0.3) is 0 Å². The van der Waals surface area contributed by atoms with Gasteiger partial charge >= 0.3 is 11.9 Å². The Morgan fingerprint density at radius 1 is 0.375 bits per heavy atom. The predicted octanol–water partition coefficient (Wildman–Crippen LogP) is 11.6. The third kappa shape index (κ3) is 23.4. The molecule has 0 aromatic heterocycles. The molecule has 4 nitrogen and oxygen atoms in total. The van der Waals surface area contributed by atoms with Gasteiger partial charge in [0, 0.05) is 0 Å². The first-order valence-electron chi connectivity index (χ1n) is 17.5. The molecule has 0 N–H and O–H groups in total. The number of rotatable bonds is 30. The fourth-order valence-electron chi connectivity index (χ4n) is 5.66. The topological polar surface area (TPSA) is 52.6 Å². The molecule has 0 saturated carbocycles. The number of esters is 2. The maximum absolute atomic E-state index is 12.4. The third-order valence-electron chi connectivity index (χ3n) is 8.30. The van der Waals surface area contributed by atoms with E-state index < -0.39 is 11.9 Å². The largest absolute Gasteiger partial charge is 0.465 e. The van der Waals surface area contributed by atoms with E-state index >= 15 is 0 Å². The average Bonchev–Trinajstić information content (AvgIpc) is 2.97. The highest BCUT2D eigenvalue weighted by molar-refractivity contribution is 6.14. The summed E-state index contributed by atoms with van der Waals surface area (Å²) in [6, 6.07) is 0. The van der Waals surface area contributed by atoms with Crippen molar-refractivity contribution in [3.8, 4) is 0 Å². The maximum Gasteiger partial charge on any atom is 0.345 e. The highest BCUT2D eigenvalue weighted by Gasteiger charge is 2.24. The summed E-state index contributed by atoms with van der Waals surface area (Å²) in [7, 11) is 2.69. The summed E-state index contributed by atoms with van der Waals surface area (Å²) in [4.78, 5) is 24.9. The van der Waals surface area contributed by atoms with Crippen molar-refractivity contribution in [3.63, 3.8) is 0 Å². The first-order chi connectivity index (χ1) is 19.6. The second kappa shape index (κ2) is 30.6. The number of carbonyl (C=O) groups is 2. The fourth-order valence-corrected chi connectivity index (χ4v) is 5.66. The Kier molecular flexibility index (Phi) is 29.6. The maximum atomic E-state index is 12.4. The van der Waals surface area contributed by atoms with Crippen LogP contribution in [0.3, 0.4) is 0 Å². The van der Waals surface area contributed by atoms with Gasteiger partial charge in [-0.1, -0.05) is 168 Å². The van der Waals surface area contributed by atoms with Gasteiger partial charge in [-0.2, -0.15) is 0 Å². The molecule has 236 valence electrons. The van der Waals surface area contributed by atoms with Crippen molar-refractivity contribution in [2.24, 2.45) is 0 Å². The van der Waals surface area contributed by atoms with E-state index in [0.29, 0.717) is 0 Å². The number of ether oxygens (including phenoxy) is 2. The predicted molar refractivity (Wildman–Crippen MR) is 172 cm³/mol. The second-order valence-corrected chi connectivity index (χ2v) is 11.9. The van der Waals surface area contributed by atoms with Gasteiger partial charge in [-0.25, -0.2) is 9.59 Å². The number of methoxy groups -OCH3 is 2. The second-order valence-electron chi connectivity index (χ2n) is 11.9. The molecule has 0 spiro atoms. The van der Waals surface area contributed by atoms with E-state index in [-0.39, 0.29) is 5.57 Å². The van der Waals surface area contributed by atoms with Crippen molar-refractivity contribution in [2.75, 3.05) is 14.2 Å². The molecule has 0 aliphatic rings. The van der Waals surface area contributed by atoms with E-state index in [0.717, 1.165) is 44.1 Å². The van der Waals surface area contributed by atoms with E-state index in [4.69, 9.17) is 9.47 Å². The lowest BCUT2D eigenvalue weighted by molar-refractivity contribution is -0.144. The lowest BCUT2D eigenvalue weighted by atomic mass is 9.95. The van der Waals surface area contributed by atoms with E-state index in [1.165, 1.54) is 155 Å². The molecule has 0 heterocycles. The molecule has 0 unspecified atom stereocenters. The lowest BCUT2D eigenvalue weighted by Crippen LogP contribution is -2.18. The van der Waals surface area contributed by atoms with Gasteiger partial charge in [0.2, 0.25) is 0 Å². The summed E-state index contributed by atoms with van der Waals surface area (Å²) in [6.07, 6.45) is 35.7. The third-order valence-corrected chi connectivity index (χ3v) is 8.30. The minimum absolute atomic E-state index is 0.142. The number of allylic oxidation sites excluding steroid dienone is 1. The molecule has 0 saturated heterocycles. The minimum atomic E-state index is -0.550. The Labute approximate surface area is 249 Å². The molecular weight excluding hydrogens is 496 g/mol. The van der Waals surface area contributed by atoms with Crippen LogP contribution in [0.4, 0.5) is 0 Å². The van der Waals surface area contributed by atoms with Crippen molar-refractivity contribution < 1.29 is 19.1 Å². The Morgan fingerprint density at radius 2 is 0.600 bits per heavy atom. The first-order valence-corrected chi connectivity index (χ1v) is 17.5. The standard InChI is InChI=1S/C36H68O4/c1-5-7-9-11-13-15-17-19-21-23-25-27-29-31-33(34(35(37)39-3)36(38)40-4)32-30-28-26-24-22-20-18-16-14-12-10-8-6-2/h5-32H2,1-4H3. The Balaban J connectivity index is 4.24. The number of unbranched alkanes of at least 4 members (excludes halogenated alkanes) is 24. The molecule has 0 aliphatic carbocycles. The van der Waals surface area contributed by atoms with Crippen LogP contribution in [0.25, 0.3) is 0 Å². The average molecular weight is 565 g/mol. The van der Waals surface area contributed by atoms with Gasteiger partial charge in [-0.05, 0) is 31.3 Å². The van der Waals surface area contributed by atoms with Crippen LogP contribution < -0.4 is 0 Å². The van der Waals surface area contributed by atoms with Crippen LogP contribution >= 0.6 is 0 Å². The Bertz CT molecular complexity index is 560. The van der Waals surface area contributed by atoms with E-state index in [1.807, 2.05) is 0 Å². The summed E-state index contributed by atoms with van der Waals surface area (Å²) < 4.78 is 9.91. The molecule has 0 rings (SSSR count). The van der Waals surface area contributed by atoms with Gasteiger partial charge < -0.3 is 9.47 Å². The zero-order valence-corrected chi connectivity index (χ0v) is 27.4. The highest BCUT2D eigenvalue weighted by atomic mass is 16.5. The SMILES string of the molecule is CCCCCCCCCCCCCCCC(CCCCCCCCCCCCCCC)=C(C(=O)OC)C(=O)OC. The highest BCUT2D eigenvalue weighted by Crippen LogP contribution is 2.24. The number of hydrogen-bond donors (Lipinski definition) is 0. The van der Waals surface area contributed by atoms with Crippen molar-refractivity contribution in [1.29, 1.82) is 0 Å². The van der Waals surface area contributed by atoms with Crippen LogP contribution in [0.5, 0.6) is 0 Å². The van der Waals surface area contributed by atoms with Crippen LogP contribution in [-0.4, -0.2) is 26.2 Å². The molecule has 4 heteroatoms. The van der Waals surface area contributed by atoms with Crippen LogP contribution in [-0.2, 0) is 19.1 Å². The van der Waals surface area contributed by atoms with Gasteiger partial charge in [-0.15, -0.1) is 0 Å². The summed E-state index contributed by atoms with van der Waals surface area (Å²) in [5, 5.41) is 0. The first kappa shape index (κ1) is 38.7. The van der Waals surface area contributed by atoms with Crippen LogP contribution in [0.15, 0.2) is 11.1 Å². The summed E-state index contributed by atoms with van der Waals surface area (Å²) in [5.41, 5.74) is 1.08. The van der Waals surface area contributed by atoms with E-state index in [1.54, 1.807) is 0 Å². The van der Waals surface area contributed by atoms with Crippen LogP contribution in [0, 0.1) is 0 Å². The van der Waals surface area contributed by atoms with Crippen molar-refractivity contribution in [3.05, 3.63) is 11.1 Å². The van der Waals surface area contributed by atoms with Crippen molar-refractivity contribution >= 4 is 11.9 Å². The normalized spacial score (nSPS) is 11.0. The molecular formula is C36H68O4. The summed E-state index contributed by atoms with van der Waals surface area (Å²) >= 11 is 0. The van der Waals surface area contributed by atoms with Gasteiger partial charge in [-0.3, -0.25) is 0 Å². The van der Waals surface area contributed by atoms with Crippen molar-refractivity contribution in [2.45, 2.75) is 194 Å². The minimum Gasteiger partial charge on any atom is -0.465 e. The molecule has 0 aliphatic heterocycles. The molecule has 0 aromatic carbocycles. The van der Waals surface area contributed by atoms with Gasteiger partial charge in [0.15, 0.2) is 0 Å².